The van der Waals surface area contributed by atoms with Gasteiger partial charge in [0.05, 0.1) is 12.1 Å². The largest absolute Gasteiger partial charge is 0.486 e. The lowest BCUT2D eigenvalue weighted by Crippen LogP contribution is -2.16. The molecule has 0 unspecified atom stereocenters. The lowest BCUT2D eigenvalue weighted by Gasteiger charge is -2.06. The minimum absolute atomic E-state index is 0.0473. The highest BCUT2D eigenvalue weighted by Crippen LogP contribution is 2.12. The van der Waals surface area contributed by atoms with Crippen molar-refractivity contribution in [3.05, 3.63) is 58.0 Å². The second-order valence-electron chi connectivity index (χ2n) is 4.00. The number of hydrogen-bond acceptors (Lipinski definition) is 4. The Kier molecular flexibility index (Phi) is 4.09. The van der Waals surface area contributed by atoms with E-state index in [0.717, 1.165) is 6.07 Å². The maximum atomic E-state index is 12.7. The zero-order valence-corrected chi connectivity index (χ0v) is 10.3. The number of aliphatic carboxylic acids is 1. The monoisotopic (exact) mass is 278 g/mol. The average molecular weight is 278 g/mol. The van der Waals surface area contributed by atoms with E-state index >= 15 is 0 Å². The van der Waals surface area contributed by atoms with Crippen LogP contribution in [0.25, 0.3) is 0 Å². The number of aromatic nitrogens is 2. The third-order valence-electron chi connectivity index (χ3n) is 2.37. The first kappa shape index (κ1) is 13.7. The number of aromatic amines is 1. The molecule has 2 rings (SSSR count). The van der Waals surface area contributed by atoms with Gasteiger partial charge in [0.1, 0.15) is 24.0 Å². The van der Waals surface area contributed by atoms with Gasteiger partial charge in [0.25, 0.3) is 5.56 Å². The number of nitrogens with zero attached hydrogens (tertiary/aromatic N) is 1. The van der Waals surface area contributed by atoms with Crippen molar-refractivity contribution in [3.8, 4) is 5.75 Å². The number of H-pyrrole nitrogens is 1. The van der Waals surface area contributed by atoms with Crippen LogP contribution in [0.1, 0.15) is 11.5 Å². The number of halogens is 1. The molecule has 1 aromatic heterocycles. The molecule has 0 fully saturated rings. The molecule has 104 valence electrons. The van der Waals surface area contributed by atoms with E-state index in [9.17, 15) is 14.0 Å². The molecule has 0 bridgehead atoms. The van der Waals surface area contributed by atoms with Crippen molar-refractivity contribution in [2.75, 3.05) is 0 Å². The number of hydrogen-bond donors (Lipinski definition) is 2. The van der Waals surface area contributed by atoms with E-state index in [-0.39, 0.29) is 30.4 Å². The molecule has 0 radical (unpaired) electrons. The molecule has 0 amide bonds. The fraction of sp³-hybridized carbons (Fsp3) is 0.154. The standard InChI is InChI=1S/C13H11FN2O4/c14-8-1-3-10(4-2-8)20-7-11-15-9(6-13(18)19)5-12(17)16-11/h1-5H,6-7H2,(H,18,19)(H,15,16,17). The quantitative estimate of drug-likeness (QED) is 0.854. The second kappa shape index (κ2) is 5.96. The summed E-state index contributed by atoms with van der Waals surface area (Å²) in [4.78, 5) is 28.4. The van der Waals surface area contributed by atoms with Crippen LogP contribution < -0.4 is 10.3 Å². The van der Waals surface area contributed by atoms with Gasteiger partial charge in [0.2, 0.25) is 0 Å². The molecule has 0 saturated carbocycles. The van der Waals surface area contributed by atoms with E-state index < -0.39 is 11.5 Å². The van der Waals surface area contributed by atoms with Gasteiger partial charge in [-0.05, 0) is 24.3 Å². The molecule has 0 aliphatic heterocycles. The summed E-state index contributed by atoms with van der Waals surface area (Å²) >= 11 is 0. The second-order valence-corrected chi connectivity index (χ2v) is 4.00. The molecule has 0 saturated heterocycles. The van der Waals surface area contributed by atoms with Gasteiger partial charge in [-0.1, -0.05) is 0 Å². The van der Waals surface area contributed by atoms with Crippen LogP contribution in [0.5, 0.6) is 5.75 Å². The van der Waals surface area contributed by atoms with E-state index in [1.165, 1.54) is 24.3 Å². The minimum atomic E-state index is -1.08. The van der Waals surface area contributed by atoms with Crippen molar-refractivity contribution in [2.24, 2.45) is 0 Å². The lowest BCUT2D eigenvalue weighted by atomic mass is 10.3. The molecular weight excluding hydrogens is 267 g/mol. The highest BCUT2D eigenvalue weighted by molar-refractivity contribution is 5.69. The first-order chi connectivity index (χ1) is 9.52. The van der Waals surface area contributed by atoms with Crippen LogP contribution in [0, 0.1) is 5.82 Å². The van der Waals surface area contributed by atoms with Gasteiger partial charge in [-0.3, -0.25) is 9.59 Å². The summed E-state index contributed by atoms with van der Waals surface area (Å²) < 4.78 is 18.0. The van der Waals surface area contributed by atoms with Crippen LogP contribution in [0.2, 0.25) is 0 Å². The van der Waals surface area contributed by atoms with E-state index in [1.54, 1.807) is 0 Å². The average Bonchev–Trinajstić information content (AvgIpc) is 2.36. The fourth-order valence-electron chi connectivity index (χ4n) is 1.56. The lowest BCUT2D eigenvalue weighted by molar-refractivity contribution is -0.136. The van der Waals surface area contributed by atoms with E-state index in [0.29, 0.717) is 5.75 Å². The van der Waals surface area contributed by atoms with Crippen LogP contribution in [-0.2, 0) is 17.8 Å². The third-order valence-corrected chi connectivity index (χ3v) is 2.37. The Bertz CT molecular complexity index is 667. The molecule has 0 aliphatic rings. The van der Waals surface area contributed by atoms with Gasteiger partial charge in [-0.15, -0.1) is 0 Å². The van der Waals surface area contributed by atoms with Crippen LogP contribution in [0.15, 0.2) is 35.1 Å². The van der Waals surface area contributed by atoms with Crippen LogP contribution in [0.4, 0.5) is 4.39 Å². The van der Waals surface area contributed by atoms with E-state index in [1.807, 2.05) is 0 Å². The zero-order chi connectivity index (χ0) is 14.5. The van der Waals surface area contributed by atoms with E-state index in [4.69, 9.17) is 9.84 Å². The van der Waals surface area contributed by atoms with Crippen LogP contribution >= 0.6 is 0 Å². The molecule has 7 heteroatoms. The Labute approximate surface area is 112 Å². The molecule has 2 aromatic rings. The minimum Gasteiger partial charge on any atom is -0.486 e. The van der Waals surface area contributed by atoms with Crippen LogP contribution in [0.3, 0.4) is 0 Å². The first-order valence-corrected chi connectivity index (χ1v) is 5.72. The zero-order valence-electron chi connectivity index (χ0n) is 10.3. The summed E-state index contributed by atoms with van der Waals surface area (Å²) in [6, 6.07) is 6.48. The summed E-state index contributed by atoms with van der Waals surface area (Å²) in [5.74, 6) is -0.836. The maximum absolute atomic E-state index is 12.7. The Hall–Kier alpha value is -2.70. The number of ether oxygens (including phenoxy) is 1. The third kappa shape index (κ3) is 3.91. The van der Waals surface area contributed by atoms with Crippen molar-refractivity contribution in [3.63, 3.8) is 0 Å². The van der Waals surface area contributed by atoms with Crippen LogP contribution in [-0.4, -0.2) is 21.0 Å². The van der Waals surface area contributed by atoms with Gasteiger partial charge in [-0.25, -0.2) is 9.37 Å². The number of carboxylic acid groups (broad SMARTS) is 1. The summed E-state index contributed by atoms with van der Waals surface area (Å²) in [5, 5.41) is 8.66. The first-order valence-electron chi connectivity index (χ1n) is 5.72. The Balaban J connectivity index is 2.09. The molecule has 2 N–H and O–H groups in total. The van der Waals surface area contributed by atoms with Crippen molar-refractivity contribution in [2.45, 2.75) is 13.0 Å². The number of benzene rings is 1. The summed E-state index contributed by atoms with van der Waals surface area (Å²) in [6.07, 6.45) is -0.340. The highest BCUT2D eigenvalue weighted by atomic mass is 19.1. The molecular formula is C13H11FN2O4. The molecule has 1 heterocycles. The van der Waals surface area contributed by atoms with Gasteiger partial charge < -0.3 is 14.8 Å². The number of carboxylic acids is 1. The Morgan fingerprint density at radius 2 is 2.05 bits per heavy atom. The Morgan fingerprint density at radius 1 is 1.35 bits per heavy atom. The van der Waals surface area contributed by atoms with Gasteiger partial charge in [0.15, 0.2) is 0 Å². The van der Waals surface area contributed by atoms with Crippen molar-refractivity contribution >= 4 is 5.97 Å². The van der Waals surface area contributed by atoms with Crippen molar-refractivity contribution in [1.29, 1.82) is 0 Å². The Morgan fingerprint density at radius 3 is 2.70 bits per heavy atom. The molecule has 0 spiro atoms. The number of carbonyl (C=O) groups is 1. The number of rotatable bonds is 5. The summed E-state index contributed by atoms with van der Waals surface area (Å²) in [7, 11) is 0. The predicted octanol–water partition coefficient (Wildman–Crippen LogP) is 1.12. The normalized spacial score (nSPS) is 10.2. The van der Waals surface area contributed by atoms with Crippen molar-refractivity contribution < 1.29 is 19.0 Å². The topological polar surface area (TPSA) is 92.3 Å². The maximum Gasteiger partial charge on any atom is 0.309 e. The highest BCUT2D eigenvalue weighted by Gasteiger charge is 2.06. The van der Waals surface area contributed by atoms with Gasteiger partial charge in [0, 0.05) is 6.07 Å². The molecule has 1 aromatic carbocycles. The van der Waals surface area contributed by atoms with E-state index in [2.05, 4.69) is 9.97 Å². The predicted molar refractivity (Wildman–Crippen MR) is 66.9 cm³/mol. The van der Waals surface area contributed by atoms with Crippen molar-refractivity contribution in [1.82, 2.24) is 9.97 Å². The summed E-state index contributed by atoms with van der Waals surface area (Å²) in [5.41, 5.74) is -0.298. The summed E-state index contributed by atoms with van der Waals surface area (Å²) in [6.45, 7) is -0.0473. The van der Waals surface area contributed by atoms with Gasteiger partial charge in [-0.2, -0.15) is 0 Å². The molecule has 0 aliphatic carbocycles. The fourth-order valence-corrected chi connectivity index (χ4v) is 1.56. The molecule has 6 nitrogen and oxygen atoms in total. The molecule has 20 heavy (non-hydrogen) atoms. The SMILES string of the molecule is O=C(O)Cc1cc(=O)[nH]c(COc2ccc(F)cc2)n1. The molecule has 0 atom stereocenters. The smallest absolute Gasteiger partial charge is 0.309 e. The van der Waals surface area contributed by atoms with Gasteiger partial charge >= 0.3 is 5.97 Å². The number of nitrogens with one attached hydrogen (secondary N) is 1.